The summed E-state index contributed by atoms with van der Waals surface area (Å²) < 4.78 is 88.9. The van der Waals surface area contributed by atoms with Crippen LogP contribution in [0.25, 0.3) is 10.4 Å². The van der Waals surface area contributed by atoms with Gasteiger partial charge in [0.05, 0.1) is 19.5 Å². The summed E-state index contributed by atoms with van der Waals surface area (Å²) in [6, 6.07) is -0.624. The number of carboxylic acids is 1. The molecule has 0 bridgehead atoms. The maximum absolute atomic E-state index is 11.4. The van der Waals surface area contributed by atoms with Crippen LogP contribution in [0, 0.1) is 17.7 Å². The van der Waals surface area contributed by atoms with Crippen LogP contribution in [0.3, 0.4) is 0 Å². The van der Waals surface area contributed by atoms with Gasteiger partial charge in [-0.25, -0.2) is 4.79 Å². The second kappa shape index (κ2) is 89.1. The van der Waals surface area contributed by atoms with Gasteiger partial charge in [-0.3, -0.25) is 33.6 Å². The number of aliphatic hydroxyl groups is 5. The molecule has 5 unspecified atom stereocenters. The van der Waals surface area contributed by atoms with Crippen molar-refractivity contribution >= 4 is 60.1 Å². The third kappa shape index (κ3) is 93.6. The molecule has 1 heterocycles. The van der Waals surface area contributed by atoms with E-state index in [2.05, 4.69) is 60.7 Å². The number of nitrogens with one attached hydrogen (secondary N) is 6. The van der Waals surface area contributed by atoms with Crippen molar-refractivity contribution in [1.29, 1.82) is 0 Å². The Morgan fingerprint density at radius 1 is 0.573 bits per heavy atom. The van der Waals surface area contributed by atoms with Crippen molar-refractivity contribution in [3.05, 3.63) is 59.0 Å². The fourth-order valence-corrected chi connectivity index (χ4v) is 7.98. The molecule has 0 aromatic carbocycles. The third-order valence-corrected chi connectivity index (χ3v) is 15.2. The molecule has 0 aromatic rings. The summed E-state index contributed by atoms with van der Waals surface area (Å²) in [4.78, 5) is 90.3. The number of allylic oxidation sites excluding steroid dienone is 5. The van der Waals surface area contributed by atoms with Crippen molar-refractivity contribution in [2.24, 2.45) is 28.2 Å². The van der Waals surface area contributed by atoms with Crippen LogP contribution >= 0.6 is 12.4 Å². The van der Waals surface area contributed by atoms with Gasteiger partial charge >= 0.3 is 28.5 Å². The molecule has 8 rings (SSSR count). The zero-order valence-corrected chi connectivity index (χ0v) is 71.4. The standard InChI is InChI=1S/C10H19NO2.C9H16N4O.2C9H18N2O2.C9H15NO2.C9H15NO.C6H10O2.C6H12O.2C6H10O.C3H7N.4CH4.ClH.Mn.2O/c1-3-4-7(2)9(12)10(13)11-8-5-6-8;1-2-3-8(12-13-10)6-9(14)11-7-4-5-7;2*1-2-3-7(10)8(12)9(13)11-6-4-5-6;1-2-3-7-8(12-7)9(11)10-6-4-5-6;1-2-3-4-5-9(11)10-8-6-7-8;1-2-3-4-5-6(7)8;3*1-2-3-4-5-6-7;4-3-1-2-3;;;;;;;;/h7-9,12H,3-6H2,1-2H3,(H,11,13);7-8H,2-6H2,1H3,(H,11,14);2*6-8,12H,2-5,10H2,1H3,(H,11,13);6-8H,2-5H2,1H3,(H,10,11);4-5,8H,2-3,6-7H2,1H3,(H,10,11);4-5H,2-3H2,1H3,(H,7,8);4-5,7H,2-3,6H2,1H3;7H,2-3,6H2,1H3;4-6H,2-3H2,1H3;3H,1-2,4H2;4*1H4;1H;;;/b;;;;;3*5-4+;;5-4+;;;;;;;;;/t7-,9-;;7-,8-;;;;;;;;;;;;;;;;/m0.0................/s1/i7D;8D;3*7D;3*4D;;4D;;;;;;;;;. The Labute approximate surface area is 730 Å². The van der Waals surface area contributed by atoms with E-state index in [9.17, 15) is 53.7 Å². The van der Waals surface area contributed by atoms with Gasteiger partial charge in [-0.15, -0.1) is 18.3 Å². The second-order valence-corrected chi connectivity index (χ2v) is 27.6. The molecule has 31 heteroatoms. The fourth-order valence-electron chi connectivity index (χ4n) is 7.98. The van der Waals surface area contributed by atoms with Gasteiger partial charge in [-0.2, -0.15) is 0 Å². The molecular weight excluding hydrogens is 1560 g/mol. The number of hydrogen-bond acceptors (Lipinski definition) is 20. The van der Waals surface area contributed by atoms with E-state index in [-0.39, 0.29) is 110 Å². The monoisotopic (exact) mass is 1740 g/mol. The van der Waals surface area contributed by atoms with Gasteiger partial charge in [0.25, 0.3) is 17.7 Å². The van der Waals surface area contributed by atoms with E-state index in [1.54, 1.807) is 6.92 Å². The average molecular weight is 1740 g/mol. The van der Waals surface area contributed by atoms with Crippen molar-refractivity contribution in [3.63, 3.8) is 0 Å². The van der Waals surface area contributed by atoms with E-state index in [4.69, 9.17) is 62.8 Å². The number of hydrogen-bond donors (Lipinski definition) is 15. The Morgan fingerprint density at radius 2 is 0.957 bits per heavy atom. The van der Waals surface area contributed by atoms with Crippen LogP contribution in [-0.2, 0) is 65.6 Å². The summed E-state index contributed by atoms with van der Waals surface area (Å²) in [5, 5.41) is 73.0. The Kier molecular flexibility index (Phi) is 82.9. The molecule has 117 heavy (non-hydrogen) atoms. The molecule has 0 spiro atoms. The van der Waals surface area contributed by atoms with Crippen LogP contribution in [0.15, 0.2) is 53.6 Å². The number of amides is 6. The number of ether oxygens (including phenoxy) is 1. The van der Waals surface area contributed by atoms with E-state index < -0.39 is 93.0 Å². The number of unbranched alkanes of at least 4 members (excludes halogenated alkanes) is 1. The topological polar surface area (TPSA) is 504 Å². The van der Waals surface area contributed by atoms with Crippen LogP contribution in [0.1, 0.15) is 343 Å². The van der Waals surface area contributed by atoms with E-state index in [1.165, 1.54) is 31.1 Å². The quantitative estimate of drug-likeness (QED) is 0.00313. The van der Waals surface area contributed by atoms with Gasteiger partial charge in [0, 0.05) is 89.7 Å². The number of rotatable bonds is 39. The van der Waals surface area contributed by atoms with Crippen LogP contribution < -0.4 is 49.1 Å². The van der Waals surface area contributed by atoms with Crippen LogP contribution in [-0.4, -0.2) is 182 Å². The van der Waals surface area contributed by atoms with Gasteiger partial charge in [-0.05, 0) is 178 Å². The van der Waals surface area contributed by atoms with E-state index in [0.29, 0.717) is 107 Å². The Morgan fingerprint density at radius 3 is 1.31 bits per heavy atom. The number of nitrogens with two attached hydrogens (primary N) is 3. The van der Waals surface area contributed by atoms with Crippen molar-refractivity contribution in [3.8, 4) is 11.8 Å². The number of aliphatic hydroxyl groups excluding tert-OH is 5. The average Bonchev–Trinajstić information content (AvgIpc) is 1.60. The molecule has 9 atom stereocenters. The number of aldehydes is 1. The minimum atomic E-state index is -1.56. The zero-order chi connectivity index (χ0) is 93.4. The van der Waals surface area contributed by atoms with Crippen LogP contribution in [0.5, 0.6) is 0 Å². The number of carboxylic acid groups (broad SMARTS) is 1. The summed E-state index contributed by atoms with van der Waals surface area (Å²) in [7, 11) is 0. The third-order valence-electron chi connectivity index (χ3n) is 15.2. The minimum absolute atomic E-state index is 0. The van der Waals surface area contributed by atoms with Gasteiger partial charge in [0.2, 0.25) is 17.7 Å². The fraction of sp³-hybridized carbons (Fsp3) is 0.791. The normalized spacial score (nSPS) is 20.5. The first-order valence-electron chi connectivity index (χ1n) is 44.7. The molecule has 6 amide bonds. The molecule has 1 aliphatic heterocycles. The molecule has 8 aliphatic rings. The Bertz CT molecular complexity index is 3130. The van der Waals surface area contributed by atoms with Crippen molar-refractivity contribution in [2.75, 3.05) is 13.2 Å². The molecule has 29 nitrogen and oxygen atoms in total. The first kappa shape index (κ1) is 109. The van der Waals surface area contributed by atoms with E-state index >= 15 is 0 Å². The SMILES string of the molecule is C.C.C.C.CCCC#CCO.Cl.NC1CC1.[2H]/C(=C\C(=O)NC1CC1)CCC.[2H]/C(=C\C(=O)O)CCC.[2H]/C(=C\C=O)CCC.[2H]/C(=C\CO)CCC.[2H]C(CCC)(CC(=O)NC1CC1)N=[N+]=[N-].[2H]C(N)(CCC)C(O)C(=O)NC1CC1.[2H]C1(CCC)OC1C(=O)NC1CC1.[2H][C@](C)(CCC)[C@H](O)C(=O)NC1CC1.[2H][C@](N)(CCC)[C@H](O)C(=O)NC1CC1.[O]=[Mn]=[O]. The van der Waals surface area contributed by atoms with Crippen LogP contribution in [0.4, 0.5) is 0 Å². The molecule has 8 fully saturated rings. The summed E-state index contributed by atoms with van der Waals surface area (Å²) >= 11 is -1.44. The molecule has 7 aliphatic carbocycles. The number of aliphatic carboxylic acids is 1. The predicted molar refractivity (Wildman–Crippen MR) is 470 cm³/mol. The number of azide groups is 1. The number of halogens is 1. The maximum atomic E-state index is 11.4. The van der Waals surface area contributed by atoms with Gasteiger partial charge in [-0.1, -0.05) is 205 Å². The summed E-state index contributed by atoms with van der Waals surface area (Å²) in [6.45, 7) is 21.1. The molecule has 1 saturated heterocycles. The van der Waals surface area contributed by atoms with E-state index in [0.717, 1.165) is 147 Å². The van der Waals surface area contributed by atoms with Crippen LogP contribution in [0.2, 0.25) is 0 Å². The summed E-state index contributed by atoms with van der Waals surface area (Å²) in [5.74, 6) is 1.44. The molecule has 7 saturated carbocycles. The zero-order valence-electron chi connectivity index (χ0n) is 78.4. The number of nitrogens with zero attached hydrogens (tertiary/aromatic N) is 3. The summed E-state index contributed by atoms with van der Waals surface area (Å²) in [6.07, 6.45) is 29.3. The number of epoxide rings is 1. The first-order valence-corrected chi connectivity index (χ1v) is 41.2. The van der Waals surface area contributed by atoms with Gasteiger partial charge in [0.1, 0.15) is 31.2 Å². The Balaban J connectivity index is -0.000000171. The molecule has 0 aromatic heterocycles. The first-order chi connectivity index (χ1) is 56.9. The summed E-state index contributed by atoms with van der Waals surface area (Å²) in [5.41, 5.74) is 24.6. The van der Waals surface area contributed by atoms with Gasteiger partial charge < -0.3 is 84.5 Å². The van der Waals surface area contributed by atoms with E-state index in [1.807, 2.05) is 62.3 Å². The number of carbonyl (C=O) groups is 8. The number of carbonyl (C=O) groups excluding carboxylic acids is 7. The van der Waals surface area contributed by atoms with Crippen molar-refractivity contribution in [1.82, 2.24) is 31.9 Å². The second-order valence-electron chi connectivity index (χ2n) is 27.4. The molecule has 687 valence electrons. The van der Waals surface area contributed by atoms with Crippen molar-refractivity contribution in [2.45, 2.75) is 421 Å². The van der Waals surface area contributed by atoms with Crippen molar-refractivity contribution < 1.29 is 109 Å². The molecule has 0 radical (unpaired) electrons. The molecular formula is C86H167ClMnN12O17. The predicted octanol–water partition coefficient (Wildman–Crippen LogP) is 13.1. The van der Waals surface area contributed by atoms with Gasteiger partial charge in [0.15, 0.2) is 6.10 Å². The Hall–Kier alpha value is -6.16. The molecule has 18 N–H and O–H groups in total.